The van der Waals surface area contributed by atoms with Gasteiger partial charge in [-0.25, -0.2) is 0 Å². The Morgan fingerprint density at radius 1 is 1.33 bits per heavy atom. The topological polar surface area (TPSA) is 52.3 Å². The first-order valence-electron chi connectivity index (χ1n) is 4.56. The highest BCUT2D eigenvalue weighted by molar-refractivity contribution is 9.10. The number of benzene rings is 1. The third-order valence-corrected chi connectivity index (χ3v) is 1.67. The van der Waals surface area contributed by atoms with Gasteiger partial charge in [-0.3, -0.25) is 4.79 Å². The Balaban J connectivity index is 0. The van der Waals surface area contributed by atoms with Crippen LogP contribution >= 0.6 is 15.9 Å². The van der Waals surface area contributed by atoms with Gasteiger partial charge in [0.15, 0.2) is 6.29 Å². The zero-order valence-electron chi connectivity index (χ0n) is 9.58. The van der Waals surface area contributed by atoms with Crippen LogP contribution in [0.5, 0.6) is 0 Å². The van der Waals surface area contributed by atoms with Crippen molar-refractivity contribution < 1.29 is 9.53 Å². The Labute approximate surface area is 99.8 Å². The molecule has 0 radical (unpaired) electrons. The maximum atomic E-state index is 10.2. The van der Waals surface area contributed by atoms with Crippen molar-refractivity contribution in [2.45, 2.75) is 13.8 Å². The van der Waals surface area contributed by atoms with Crippen LogP contribution in [0.15, 0.2) is 22.7 Å². The molecule has 1 aromatic carbocycles. The van der Waals surface area contributed by atoms with Gasteiger partial charge in [0.1, 0.15) is 0 Å². The molecule has 0 aliphatic carbocycles. The summed E-state index contributed by atoms with van der Waals surface area (Å²) in [6.45, 7) is 4.00. The summed E-state index contributed by atoms with van der Waals surface area (Å²) < 4.78 is 5.13. The average molecular weight is 276 g/mol. The van der Waals surface area contributed by atoms with Gasteiger partial charge in [-0.15, -0.1) is 0 Å². The smallest absolute Gasteiger partial charge is 0.152 e. The predicted octanol–water partition coefficient (Wildman–Crippen LogP) is 3.13. The molecule has 0 heterocycles. The van der Waals surface area contributed by atoms with Crippen molar-refractivity contribution >= 4 is 27.9 Å². The van der Waals surface area contributed by atoms with E-state index in [-0.39, 0.29) is 0 Å². The highest BCUT2D eigenvalue weighted by Crippen LogP contribution is 2.16. The number of hydrogen-bond acceptors (Lipinski definition) is 3. The minimum Gasteiger partial charge on any atom is -0.398 e. The monoisotopic (exact) mass is 275 g/mol. The molecule has 0 aliphatic heterocycles. The van der Waals surface area contributed by atoms with Crippen molar-refractivity contribution in [1.82, 2.24) is 0 Å². The molecule has 3 nitrogen and oxygen atoms in total. The number of aldehydes is 1. The van der Waals surface area contributed by atoms with Gasteiger partial charge in [-0.2, -0.15) is 0 Å². The molecule has 2 N–H and O–H groups in total. The third-order valence-electron chi connectivity index (χ3n) is 1.18. The van der Waals surface area contributed by atoms with Crippen LogP contribution in [0, 0.1) is 0 Å². The van der Waals surface area contributed by atoms with Gasteiger partial charge < -0.3 is 10.5 Å². The number of ether oxygens (including phenoxy) is 1. The average Bonchev–Trinajstić information content (AvgIpc) is 2.22. The van der Waals surface area contributed by atoms with Gasteiger partial charge in [0, 0.05) is 29.9 Å². The van der Waals surface area contributed by atoms with E-state index < -0.39 is 0 Å². The molecule has 1 rings (SSSR count). The van der Waals surface area contributed by atoms with Crippen LogP contribution < -0.4 is 5.73 Å². The van der Waals surface area contributed by atoms with Gasteiger partial charge in [-0.05, 0) is 18.2 Å². The Morgan fingerprint density at radius 2 is 1.80 bits per heavy atom. The summed E-state index contributed by atoms with van der Waals surface area (Å²) in [6, 6.07) is 5.15. The molecule has 86 valence electrons. The predicted molar refractivity (Wildman–Crippen MR) is 68.2 cm³/mol. The number of carbonyl (C=O) groups is 1. The molecule has 0 saturated carbocycles. The van der Waals surface area contributed by atoms with Crippen molar-refractivity contribution in [2.24, 2.45) is 0 Å². The quantitative estimate of drug-likeness (QED) is 0.633. The normalized spacial score (nSPS) is 7.80. The fourth-order valence-corrected chi connectivity index (χ4v) is 1.03. The molecule has 0 unspecified atom stereocenters. The van der Waals surface area contributed by atoms with Crippen molar-refractivity contribution in [3.05, 3.63) is 28.2 Å². The number of carbonyl (C=O) groups excluding carboxylic acids is 1. The summed E-state index contributed by atoms with van der Waals surface area (Å²) in [5, 5.41) is 0. The lowest BCUT2D eigenvalue weighted by atomic mass is 10.2. The lowest BCUT2D eigenvalue weighted by Crippen LogP contribution is -1.91. The van der Waals surface area contributed by atoms with Crippen LogP contribution in [0.2, 0.25) is 0 Å². The van der Waals surface area contributed by atoms with Crippen LogP contribution in [-0.2, 0) is 4.74 Å². The lowest BCUT2D eigenvalue weighted by molar-refractivity contribution is 0.112. The van der Waals surface area contributed by atoms with Gasteiger partial charge >= 0.3 is 0 Å². The van der Waals surface area contributed by atoms with Crippen LogP contribution in [0.25, 0.3) is 0 Å². The molecule has 1 aromatic rings. The Kier molecular flexibility index (Phi) is 12.4. The summed E-state index contributed by atoms with van der Waals surface area (Å²) in [4.78, 5) is 10.2. The molecule has 0 amide bonds. The zero-order valence-corrected chi connectivity index (χ0v) is 11.2. The van der Waals surface area contributed by atoms with Gasteiger partial charge in [-0.1, -0.05) is 29.8 Å². The SMILES string of the molecule is CC.COC.Nc1cc(Br)ccc1C=O. The second-order valence-electron chi connectivity index (χ2n) is 2.30. The Bertz CT molecular complexity index is 277. The van der Waals surface area contributed by atoms with Gasteiger partial charge in [0.2, 0.25) is 0 Å². The fourth-order valence-electron chi connectivity index (χ4n) is 0.653. The summed E-state index contributed by atoms with van der Waals surface area (Å²) in [5.74, 6) is 0. The molecule has 4 heteroatoms. The molecule has 15 heavy (non-hydrogen) atoms. The summed E-state index contributed by atoms with van der Waals surface area (Å²) in [6.07, 6.45) is 0.738. The molecule has 0 aliphatic rings. The van der Waals surface area contributed by atoms with E-state index in [0.29, 0.717) is 11.3 Å². The van der Waals surface area contributed by atoms with Crippen molar-refractivity contribution in [3.63, 3.8) is 0 Å². The number of anilines is 1. The number of rotatable bonds is 1. The molecular formula is C11H18BrNO2. The zero-order chi connectivity index (χ0) is 12.3. The first-order chi connectivity index (χ1) is 7.15. The number of hydrogen-bond donors (Lipinski definition) is 1. The second-order valence-corrected chi connectivity index (χ2v) is 3.22. The van der Waals surface area contributed by atoms with E-state index in [1.165, 1.54) is 0 Å². The molecule has 0 bridgehead atoms. The van der Waals surface area contributed by atoms with E-state index in [9.17, 15) is 4.79 Å². The van der Waals surface area contributed by atoms with Crippen molar-refractivity contribution in [2.75, 3.05) is 20.0 Å². The number of nitrogen functional groups attached to an aromatic ring is 1. The Hall–Kier alpha value is -0.870. The maximum absolute atomic E-state index is 10.2. The number of methoxy groups -OCH3 is 1. The van der Waals surface area contributed by atoms with E-state index >= 15 is 0 Å². The maximum Gasteiger partial charge on any atom is 0.152 e. The van der Waals surface area contributed by atoms with Crippen LogP contribution in [0.3, 0.4) is 0 Å². The lowest BCUT2D eigenvalue weighted by Gasteiger charge is -1.96. The number of halogens is 1. The largest absolute Gasteiger partial charge is 0.398 e. The fraction of sp³-hybridized carbons (Fsp3) is 0.364. The second kappa shape index (κ2) is 11.2. The third kappa shape index (κ3) is 8.15. The molecule has 0 saturated heterocycles. The van der Waals surface area contributed by atoms with E-state index in [1.54, 1.807) is 32.4 Å². The van der Waals surface area contributed by atoms with Crippen LogP contribution in [0.4, 0.5) is 5.69 Å². The first kappa shape index (κ1) is 16.6. The van der Waals surface area contributed by atoms with Crippen LogP contribution in [-0.4, -0.2) is 20.5 Å². The first-order valence-corrected chi connectivity index (χ1v) is 5.35. The van der Waals surface area contributed by atoms with Gasteiger partial charge in [0.25, 0.3) is 0 Å². The van der Waals surface area contributed by atoms with E-state index in [0.717, 1.165) is 10.8 Å². The molecule has 0 fully saturated rings. The standard InChI is InChI=1S/C7H6BrNO.C2H6O.C2H6/c8-6-2-1-5(4-10)7(9)3-6;1-3-2;1-2/h1-4H,9H2;1-2H3;1-2H3. The summed E-state index contributed by atoms with van der Waals surface area (Å²) >= 11 is 3.23. The molecule has 0 atom stereocenters. The minimum atomic E-state index is 0.504. The minimum absolute atomic E-state index is 0.504. The van der Waals surface area contributed by atoms with Gasteiger partial charge in [0.05, 0.1) is 0 Å². The summed E-state index contributed by atoms with van der Waals surface area (Å²) in [7, 11) is 3.25. The number of nitrogens with two attached hydrogens (primary N) is 1. The molecular weight excluding hydrogens is 258 g/mol. The van der Waals surface area contributed by atoms with Crippen LogP contribution in [0.1, 0.15) is 24.2 Å². The van der Waals surface area contributed by atoms with Crippen molar-refractivity contribution in [3.8, 4) is 0 Å². The van der Waals surface area contributed by atoms with E-state index in [1.807, 2.05) is 13.8 Å². The molecule has 0 aromatic heterocycles. The molecule has 0 spiro atoms. The van der Waals surface area contributed by atoms with E-state index in [4.69, 9.17) is 5.73 Å². The van der Waals surface area contributed by atoms with E-state index in [2.05, 4.69) is 20.7 Å². The summed E-state index contributed by atoms with van der Waals surface area (Å²) in [5.41, 5.74) is 6.51. The van der Waals surface area contributed by atoms with Crippen molar-refractivity contribution in [1.29, 1.82) is 0 Å². The Morgan fingerprint density at radius 3 is 2.13 bits per heavy atom. The highest BCUT2D eigenvalue weighted by Gasteiger charge is 1.95. The highest BCUT2D eigenvalue weighted by atomic mass is 79.9.